The van der Waals surface area contributed by atoms with Crippen molar-refractivity contribution in [1.29, 1.82) is 0 Å². The minimum absolute atomic E-state index is 0.350. The van der Waals surface area contributed by atoms with Crippen LogP contribution in [-0.2, 0) is 9.53 Å². The number of anilines is 1. The van der Waals surface area contributed by atoms with Crippen molar-refractivity contribution in [3.8, 4) is 10.6 Å². The Hall–Kier alpha value is -3.22. The number of halogens is 1. The number of carbonyl (C=O) groups excluding carboxylic acids is 2. The van der Waals surface area contributed by atoms with E-state index in [1.165, 1.54) is 11.3 Å². The van der Waals surface area contributed by atoms with Crippen LogP contribution in [0, 0.1) is 6.92 Å². The van der Waals surface area contributed by atoms with Crippen LogP contribution in [0.3, 0.4) is 0 Å². The fraction of sp³-hybridized carbons (Fsp3) is 0.0870. The van der Waals surface area contributed by atoms with Crippen LogP contribution >= 0.6 is 22.9 Å². The van der Waals surface area contributed by atoms with E-state index in [0.717, 1.165) is 10.4 Å². The number of hydrogen-bond donors (Lipinski definition) is 1. The zero-order valence-electron chi connectivity index (χ0n) is 16.0. The van der Waals surface area contributed by atoms with Gasteiger partial charge in [-0.3, -0.25) is 4.79 Å². The number of thiophene rings is 1. The number of fused-ring (bicyclic) bond motifs is 1. The van der Waals surface area contributed by atoms with Crippen molar-refractivity contribution in [2.24, 2.45) is 0 Å². The molecule has 2 aromatic heterocycles. The van der Waals surface area contributed by atoms with Gasteiger partial charge in [-0.2, -0.15) is 0 Å². The summed E-state index contributed by atoms with van der Waals surface area (Å²) in [6, 6.07) is 20.0. The van der Waals surface area contributed by atoms with E-state index >= 15 is 0 Å². The third-order valence-electron chi connectivity index (χ3n) is 4.40. The molecule has 7 heteroatoms. The highest BCUT2D eigenvalue weighted by molar-refractivity contribution is 7.19. The molecule has 0 aliphatic carbocycles. The van der Waals surface area contributed by atoms with Crippen LogP contribution in [0.2, 0.25) is 4.34 Å². The second-order valence-electron chi connectivity index (χ2n) is 6.67. The van der Waals surface area contributed by atoms with Gasteiger partial charge in [0, 0.05) is 11.1 Å². The molecule has 1 N–H and O–H groups in total. The monoisotopic (exact) mass is 436 g/mol. The maximum absolute atomic E-state index is 12.8. The third kappa shape index (κ3) is 4.50. The Morgan fingerprint density at radius 3 is 2.67 bits per heavy atom. The molecule has 4 aromatic rings. The fourth-order valence-electron chi connectivity index (χ4n) is 3.05. The SMILES string of the molecule is Cc1cccc(NC(=O)COC(=O)c2cc(-c3ccc(Cl)s3)nc3ccccc23)c1. The minimum atomic E-state index is -0.586. The number of nitrogens with zero attached hydrogens (tertiary/aromatic N) is 1. The van der Waals surface area contributed by atoms with E-state index < -0.39 is 11.9 Å². The van der Waals surface area contributed by atoms with Gasteiger partial charge in [-0.05, 0) is 48.9 Å². The molecule has 4 rings (SSSR count). The summed E-state index contributed by atoms with van der Waals surface area (Å²) < 4.78 is 5.93. The second-order valence-corrected chi connectivity index (χ2v) is 8.38. The van der Waals surface area contributed by atoms with E-state index in [1.54, 1.807) is 24.3 Å². The Labute approximate surface area is 182 Å². The molecule has 0 radical (unpaired) electrons. The van der Waals surface area contributed by atoms with E-state index in [4.69, 9.17) is 16.3 Å². The summed E-state index contributed by atoms with van der Waals surface area (Å²) in [5, 5.41) is 3.39. The molecule has 0 aliphatic rings. The quantitative estimate of drug-likeness (QED) is 0.406. The van der Waals surface area contributed by atoms with Gasteiger partial charge in [-0.1, -0.05) is 41.9 Å². The second kappa shape index (κ2) is 8.65. The Morgan fingerprint density at radius 2 is 1.90 bits per heavy atom. The van der Waals surface area contributed by atoms with Gasteiger partial charge in [0.15, 0.2) is 6.61 Å². The summed E-state index contributed by atoms with van der Waals surface area (Å²) >= 11 is 7.42. The smallest absolute Gasteiger partial charge is 0.339 e. The molecule has 0 atom stereocenters. The van der Waals surface area contributed by atoms with E-state index in [0.29, 0.717) is 32.2 Å². The first-order valence-electron chi connectivity index (χ1n) is 9.19. The van der Waals surface area contributed by atoms with Gasteiger partial charge in [0.2, 0.25) is 0 Å². The van der Waals surface area contributed by atoms with Crippen LogP contribution in [0.5, 0.6) is 0 Å². The highest BCUT2D eigenvalue weighted by Crippen LogP contribution is 2.32. The number of aryl methyl sites for hydroxylation is 1. The largest absolute Gasteiger partial charge is 0.452 e. The molecule has 2 aromatic carbocycles. The van der Waals surface area contributed by atoms with Crippen LogP contribution < -0.4 is 5.32 Å². The first kappa shape index (κ1) is 20.1. The normalized spacial score (nSPS) is 10.7. The van der Waals surface area contributed by atoms with Crippen molar-refractivity contribution in [1.82, 2.24) is 4.98 Å². The predicted molar refractivity (Wildman–Crippen MR) is 120 cm³/mol. The average Bonchev–Trinajstić information content (AvgIpc) is 3.17. The predicted octanol–water partition coefficient (Wildman–Crippen LogP) is 5.72. The summed E-state index contributed by atoms with van der Waals surface area (Å²) in [5.41, 5.74) is 3.32. The number of esters is 1. The molecular formula is C23H17ClN2O3S. The molecule has 0 aliphatic heterocycles. The number of rotatable bonds is 5. The number of benzene rings is 2. The first-order valence-corrected chi connectivity index (χ1v) is 10.4. The van der Waals surface area contributed by atoms with Crippen LogP contribution in [0.4, 0.5) is 5.69 Å². The third-order valence-corrected chi connectivity index (χ3v) is 5.65. The zero-order chi connectivity index (χ0) is 21.1. The number of hydrogen-bond acceptors (Lipinski definition) is 5. The van der Waals surface area contributed by atoms with Crippen LogP contribution in [0.1, 0.15) is 15.9 Å². The van der Waals surface area contributed by atoms with E-state index in [9.17, 15) is 9.59 Å². The summed E-state index contributed by atoms with van der Waals surface area (Å²) in [4.78, 5) is 30.5. The summed E-state index contributed by atoms with van der Waals surface area (Å²) in [6.07, 6.45) is 0. The van der Waals surface area contributed by atoms with E-state index in [-0.39, 0.29) is 6.61 Å². The molecule has 0 fully saturated rings. The molecule has 0 unspecified atom stereocenters. The molecule has 2 heterocycles. The topological polar surface area (TPSA) is 68.3 Å². The van der Waals surface area contributed by atoms with Crippen LogP contribution in [-0.4, -0.2) is 23.5 Å². The Balaban J connectivity index is 1.55. The fourth-order valence-corrected chi connectivity index (χ4v) is 4.05. The van der Waals surface area contributed by atoms with Crippen molar-refractivity contribution in [3.63, 3.8) is 0 Å². The van der Waals surface area contributed by atoms with Gasteiger partial charge in [0.25, 0.3) is 5.91 Å². The lowest BCUT2D eigenvalue weighted by atomic mass is 10.1. The molecular weight excluding hydrogens is 420 g/mol. The number of amides is 1. The molecule has 5 nitrogen and oxygen atoms in total. The number of aromatic nitrogens is 1. The van der Waals surface area contributed by atoms with E-state index in [2.05, 4.69) is 10.3 Å². The summed E-state index contributed by atoms with van der Waals surface area (Å²) in [6.45, 7) is 1.55. The standard InChI is InChI=1S/C23H17ClN2O3S/c1-14-5-4-6-15(11-14)25-22(27)13-29-23(28)17-12-19(20-9-10-21(24)30-20)26-18-8-3-2-7-16(17)18/h2-12H,13H2,1H3,(H,25,27). The molecule has 1 amide bonds. The Kier molecular flexibility index (Phi) is 5.79. The van der Waals surface area contributed by atoms with Crippen LogP contribution in [0.15, 0.2) is 66.7 Å². The Bertz CT molecular complexity index is 1250. The van der Waals surface area contributed by atoms with Gasteiger partial charge in [-0.15, -0.1) is 11.3 Å². The molecule has 0 spiro atoms. The Morgan fingerprint density at radius 1 is 1.07 bits per heavy atom. The lowest BCUT2D eigenvalue weighted by Crippen LogP contribution is -2.21. The number of nitrogens with one attached hydrogen (secondary N) is 1. The van der Waals surface area contributed by atoms with Gasteiger partial charge in [-0.25, -0.2) is 9.78 Å². The highest BCUT2D eigenvalue weighted by Gasteiger charge is 2.17. The van der Waals surface area contributed by atoms with Gasteiger partial charge >= 0.3 is 5.97 Å². The zero-order valence-corrected chi connectivity index (χ0v) is 17.6. The van der Waals surface area contributed by atoms with E-state index in [1.807, 2.05) is 49.4 Å². The molecule has 0 saturated heterocycles. The van der Waals surface area contributed by atoms with Crippen molar-refractivity contribution >= 4 is 51.4 Å². The van der Waals surface area contributed by atoms with Gasteiger partial charge in [0.05, 0.1) is 26.0 Å². The maximum Gasteiger partial charge on any atom is 0.339 e. The summed E-state index contributed by atoms with van der Waals surface area (Å²) in [5.74, 6) is -0.991. The number of para-hydroxylation sites is 1. The minimum Gasteiger partial charge on any atom is -0.452 e. The molecule has 30 heavy (non-hydrogen) atoms. The van der Waals surface area contributed by atoms with Crippen molar-refractivity contribution in [3.05, 3.63) is 82.2 Å². The lowest BCUT2D eigenvalue weighted by molar-refractivity contribution is -0.119. The molecule has 0 saturated carbocycles. The lowest BCUT2D eigenvalue weighted by Gasteiger charge is -2.10. The number of carbonyl (C=O) groups is 2. The van der Waals surface area contributed by atoms with Crippen molar-refractivity contribution < 1.29 is 14.3 Å². The molecule has 0 bridgehead atoms. The molecule has 150 valence electrons. The first-order chi connectivity index (χ1) is 14.5. The van der Waals surface area contributed by atoms with Crippen LogP contribution in [0.25, 0.3) is 21.5 Å². The van der Waals surface area contributed by atoms with Gasteiger partial charge in [0.1, 0.15) is 0 Å². The summed E-state index contributed by atoms with van der Waals surface area (Å²) in [7, 11) is 0. The average molecular weight is 437 g/mol. The number of pyridine rings is 1. The van der Waals surface area contributed by atoms with Crippen molar-refractivity contribution in [2.45, 2.75) is 6.92 Å². The maximum atomic E-state index is 12.8. The van der Waals surface area contributed by atoms with Crippen molar-refractivity contribution in [2.75, 3.05) is 11.9 Å². The van der Waals surface area contributed by atoms with Gasteiger partial charge < -0.3 is 10.1 Å². The highest BCUT2D eigenvalue weighted by atomic mass is 35.5. The number of ether oxygens (including phenoxy) is 1.